The van der Waals surface area contributed by atoms with Gasteiger partial charge in [-0.3, -0.25) is 0 Å². The van der Waals surface area contributed by atoms with Crippen molar-refractivity contribution >= 4 is 0 Å². The maximum Gasteiger partial charge on any atom is 0.366 e. The number of hydrogen-bond acceptors (Lipinski definition) is 2. The lowest BCUT2D eigenvalue weighted by Gasteiger charge is -1.37. The van der Waals surface area contributed by atoms with Crippen LogP contribution in [0.2, 0.25) is 0 Å². The Bertz CT molecular complexity index is 147. The number of aromatic amines is 1. The third-order valence-electron chi connectivity index (χ3n) is 0.405. The van der Waals surface area contributed by atoms with Crippen molar-refractivity contribution in [3.05, 3.63) is 17.4 Å². The Morgan fingerprint density at radius 2 is 2.67 bits per heavy atom. The zero-order valence-corrected chi connectivity index (χ0v) is 2.92. The molecule has 0 saturated carbocycles. The topological polar surface area (TPSA) is 51.9 Å². The van der Waals surface area contributed by atoms with Crippen LogP contribution in [-0.2, 0) is 0 Å². The second-order valence-electron chi connectivity index (χ2n) is 0.794. The Kier molecular flexibility index (Phi) is 0.506. The van der Waals surface area contributed by atoms with Crippen LogP contribution in [0, 0.1) is 4.91 Å². The van der Waals surface area contributed by atoms with Crippen molar-refractivity contribution in [3.63, 3.8) is 0 Å². The Morgan fingerprint density at radius 3 is 2.83 bits per heavy atom. The molecule has 0 atom stereocenters. The Hall–Kier alpha value is -1.06. The molecule has 0 amide bonds. The molecular weight excluding hydrogens is 84.0 g/mol. The summed E-state index contributed by atoms with van der Waals surface area (Å²) in [4.78, 5) is 9.76. The van der Waals surface area contributed by atoms with Gasteiger partial charge in [0.25, 0.3) is 0 Å². The molecule has 0 spiro atoms. The van der Waals surface area contributed by atoms with Gasteiger partial charge in [-0.1, -0.05) is 5.10 Å². The number of aromatic nitrogens is 2. The molecule has 0 fully saturated rings. The van der Waals surface area contributed by atoms with E-state index in [4.69, 9.17) is 0 Å². The monoisotopic (exact) mass is 87.0 g/mol. The van der Waals surface area contributed by atoms with Crippen LogP contribution in [0.4, 0.5) is 0 Å². The van der Waals surface area contributed by atoms with Gasteiger partial charge < -0.3 is 0 Å². The molecular formula is C2H3N2O2+. The van der Waals surface area contributed by atoms with E-state index in [1.54, 1.807) is 0 Å². The van der Waals surface area contributed by atoms with E-state index in [2.05, 4.69) is 9.62 Å². The standard InChI is InChI=1S/C2H3N2O2/c5-4-3-1-2-6-4/h1-2H,(H,3,5)/q+1. The average molecular weight is 87.1 g/mol. The van der Waals surface area contributed by atoms with E-state index >= 15 is 0 Å². The van der Waals surface area contributed by atoms with Crippen molar-refractivity contribution in [2.45, 2.75) is 0 Å². The largest absolute Gasteiger partial charge is 0.366 e. The van der Waals surface area contributed by atoms with E-state index in [0.717, 1.165) is 0 Å². The summed E-state index contributed by atoms with van der Waals surface area (Å²) in [6.45, 7) is 0. The van der Waals surface area contributed by atoms with E-state index in [1.165, 1.54) is 12.5 Å². The zero-order valence-electron chi connectivity index (χ0n) is 2.92. The molecule has 0 bridgehead atoms. The minimum absolute atomic E-state index is 0.250. The highest BCUT2D eigenvalue weighted by Gasteiger charge is 1.82. The molecule has 1 heterocycles. The van der Waals surface area contributed by atoms with Gasteiger partial charge in [0.2, 0.25) is 0 Å². The fraction of sp³-hybridized carbons (Fsp3) is 0. The lowest BCUT2D eigenvalue weighted by molar-refractivity contribution is -0.752. The van der Waals surface area contributed by atoms with Crippen LogP contribution in [0.15, 0.2) is 17.0 Å². The highest BCUT2D eigenvalue weighted by molar-refractivity contribution is 4.45. The summed E-state index contributed by atoms with van der Waals surface area (Å²) in [6.07, 6.45) is 2.65. The van der Waals surface area contributed by atoms with Crippen LogP contribution in [0.1, 0.15) is 0 Å². The Morgan fingerprint density at radius 1 is 1.83 bits per heavy atom. The Balaban J connectivity index is 3.41. The van der Waals surface area contributed by atoms with Crippen LogP contribution >= 0.6 is 0 Å². The molecule has 1 aromatic heterocycles. The van der Waals surface area contributed by atoms with Crippen LogP contribution in [-0.4, -0.2) is 5.10 Å². The molecule has 1 aromatic rings. The third-order valence-corrected chi connectivity index (χ3v) is 0.405. The molecule has 4 nitrogen and oxygen atoms in total. The second kappa shape index (κ2) is 0.965. The lowest BCUT2D eigenvalue weighted by Crippen LogP contribution is -2.11. The van der Waals surface area contributed by atoms with Gasteiger partial charge in [0.1, 0.15) is 11.1 Å². The SMILES string of the molecule is O=[n+]1[nH]cco1. The molecule has 6 heavy (non-hydrogen) atoms. The Labute approximate surface area is 32.9 Å². The number of nitrogens with zero attached hydrogens (tertiary/aromatic N) is 1. The molecule has 4 heteroatoms. The van der Waals surface area contributed by atoms with Gasteiger partial charge in [0.15, 0.2) is 6.26 Å². The molecule has 32 valence electrons. The number of H-pyrrole nitrogens is 1. The summed E-state index contributed by atoms with van der Waals surface area (Å²) < 4.78 is 4.39. The normalized spacial score (nSPS) is 8.67. The molecule has 0 saturated heterocycles. The molecule has 1 N–H and O–H groups in total. The first-order valence-electron chi connectivity index (χ1n) is 1.45. The predicted molar refractivity (Wildman–Crippen MR) is 16.4 cm³/mol. The zero-order chi connectivity index (χ0) is 4.41. The summed E-state index contributed by atoms with van der Waals surface area (Å²) in [5.41, 5.74) is 0. The van der Waals surface area contributed by atoms with Gasteiger partial charge in [-0.05, 0) is 0 Å². The third kappa shape index (κ3) is 0.314. The first-order valence-corrected chi connectivity index (χ1v) is 1.45. The summed E-state index contributed by atoms with van der Waals surface area (Å²) in [5, 5.41) is 2.19. The highest BCUT2D eigenvalue weighted by atomic mass is 16.6. The van der Waals surface area contributed by atoms with Crippen molar-refractivity contribution in [2.24, 2.45) is 0 Å². The molecule has 0 aromatic carbocycles. The summed E-state index contributed by atoms with van der Waals surface area (Å²) in [6, 6.07) is 0. The number of hydrogen-bond donors (Lipinski definition) is 1. The summed E-state index contributed by atoms with van der Waals surface area (Å²) >= 11 is 0. The maximum absolute atomic E-state index is 9.76. The van der Waals surface area contributed by atoms with E-state index in [0.29, 0.717) is 0 Å². The predicted octanol–water partition coefficient (Wildman–Crippen LogP) is -0.478. The molecule has 0 aliphatic carbocycles. The van der Waals surface area contributed by atoms with Crippen molar-refractivity contribution in [3.8, 4) is 0 Å². The van der Waals surface area contributed by atoms with Crippen molar-refractivity contribution in [1.82, 2.24) is 5.10 Å². The van der Waals surface area contributed by atoms with E-state index < -0.39 is 0 Å². The highest BCUT2D eigenvalue weighted by Crippen LogP contribution is 1.60. The average Bonchev–Trinajstić information content (AvgIpc) is 1.86. The van der Waals surface area contributed by atoms with E-state index in [9.17, 15) is 4.91 Å². The van der Waals surface area contributed by atoms with Gasteiger partial charge >= 0.3 is 4.71 Å². The van der Waals surface area contributed by atoms with Crippen LogP contribution in [0.3, 0.4) is 0 Å². The first-order chi connectivity index (χ1) is 2.89. The van der Waals surface area contributed by atoms with Gasteiger partial charge in [0.05, 0.1) is 0 Å². The molecule has 0 aliphatic rings. The van der Waals surface area contributed by atoms with Gasteiger partial charge in [-0.25, -0.2) is 0 Å². The van der Waals surface area contributed by atoms with Crippen molar-refractivity contribution in [2.75, 3.05) is 0 Å². The minimum Gasteiger partial charge on any atom is -0.170 e. The smallest absolute Gasteiger partial charge is 0.170 e. The summed E-state index contributed by atoms with van der Waals surface area (Å²) in [7, 11) is 0. The van der Waals surface area contributed by atoms with Gasteiger partial charge in [-0.2, -0.15) is 4.52 Å². The number of nitrogens with one attached hydrogen (secondary N) is 1. The fourth-order valence-corrected chi connectivity index (χ4v) is 0.207. The molecule has 0 unspecified atom stereocenters. The molecule has 0 radical (unpaired) electrons. The van der Waals surface area contributed by atoms with Gasteiger partial charge in [0, 0.05) is 0 Å². The van der Waals surface area contributed by atoms with Crippen molar-refractivity contribution in [1.29, 1.82) is 0 Å². The molecule has 0 aliphatic heterocycles. The number of rotatable bonds is 0. The van der Waals surface area contributed by atoms with Crippen molar-refractivity contribution < 1.29 is 9.24 Å². The summed E-state index contributed by atoms with van der Waals surface area (Å²) in [5.74, 6) is 0. The lowest BCUT2D eigenvalue weighted by atomic mass is 11.0. The van der Waals surface area contributed by atoms with Crippen LogP contribution < -0.4 is 4.71 Å². The van der Waals surface area contributed by atoms with E-state index in [1.807, 2.05) is 0 Å². The van der Waals surface area contributed by atoms with Crippen LogP contribution in [0.25, 0.3) is 0 Å². The fourth-order valence-electron chi connectivity index (χ4n) is 0.207. The molecule has 1 rings (SSSR count). The van der Waals surface area contributed by atoms with Crippen LogP contribution in [0.5, 0.6) is 0 Å². The quantitative estimate of drug-likeness (QED) is 0.464. The second-order valence-corrected chi connectivity index (χ2v) is 0.794. The minimum atomic E-state index is 0.250. The van der Waals surface area contributed by atoms with E-state index in [-0.39, 0.29) is 4.71 Å². The first kappa shape index (κ1) is 3.14. The maximum atomic E-state index is 9.76. The van der Waals surface area contributed by atoms with Gasteiger partial charge in [-0.15, -0.1) is 0 Å².